The molecule has 1 aliphatic rings. The van der Waals surface area contributed by atoms with Gasteiger partial charge >= 0.3 is 11.8 Å². The molecule has 6 nitrogen and oxygen atoms in total. The van der Waals surface area contributed by atoms with Gasteiger partial charge in [0.1, 0.15) is 11.7 Å². The predicted octanol–water partition coefficient (Wildman–Crippen LogP) is 0.302. The van der Waals surface area contributed by atoms with Crippen molar-refractivity contribution in [2.75, 3.05) is 0 Å². The minimum absolute atomic E-state index is 0.00590. The van der Waals surface area contributed by atoms with Gasteiger partial charge in [-0.05, 0) is 12.1 Å². The number of amidine groups is 1. The molecule has 0 aliphatic carbocycles. The highest BCUT2D eigenvalue weighted by molar-refractivity contribution is 6.01. The van der Waals surface area contributed by atoms with E-state index in [1.807, 2.05) is 0 Å². The summed E-state index contributed by atoms with van der Waals surface area (Å²) in [6, 6.07) is 4.36. The van der Waals surface area contributed by atoms with E-state index in [9.17, 15) is 23.1 Å². The van der Waals surface area contributed by atoms with Crippen molar-refractivity contribution in [1.29, 1.82) is 0 Å². The number of halogens is 3. The fourth-order valence-electron chi connectivity index (χ4n) is 1.24. The zero-order chi connectivity index (χ0) is 13.4. The van der Waals surface area contributed by atoms with Crippen LogP contribution in [0.3, 0.4) is 0 Å². The third-order valence-electron chi connectivity index (χ3n) is 2.13. The van der Waals surface area contributed by atoms with Gasteiger partial charge in [0, 0.05) is 6.20 Å². The third-order valence-corrected chi connectivity index (χ3v) is 2.13. The number of hydrogen-bond acceptors (Lipinski definition) is 6. The van der Waals surface area contributed by atoms with Crippen molar-refractivity contribution in [3.05, 3.63) is 30.1 Å². The summed E-state index contributed by atoms with van der Waals surface area (Å²) in [4.78, 5) is 17.3. The smallest absolute Gasteiger partial charge is 0.441 e. The Balaban J connectivity index is 2.49. The predicted molar refractivity (Wildman–Crippen MR) is 49.4 cm³/mol. The van der Waals surface area contributed by atoms with E-state index < -0.39 is 23.6 Å². The van der Waals surface area contributed by atoms with E-state index in [1.165, 1.54) is 24.4 Å². The van der Waals surface area contributed by atoms with Gasteiger partial charge < -0.3 is 9.90 Å². The van der Waals surface area contributed by atoms with Crippen molar-refractivity contribution in [2.45, 2.75) is 11.8 Å². The first-order valence-corrected chi connectivity index (χ1v) is 4.59. The molecule has 0 N–H and O–H groups in total. The lowest BCUT2D eigenvalue weighted by molar-refractivity contribution is -0.328. The van der Waals surface area contributed by atoms with Gasteiger partial charge in [-0.2, -0.15) is 13.2 Å². The second kappa shape index (κ2) is 3.86. The van der Waals surface area contributed by atoms with Crippen LogP contribution in [0, 0.1) is 0 Å². The van der Waals surface area contributed by atoms with Crippen LogP contribution >= 0.6 is 0 Å². The Morgan fingerprint density at radius 3 is 2.50 bits per heavy atom. The maximum Gasteiger partial charge on any atom is 0.441 e. The second-order valence-electron chi connectivity index (χ2n) is 3.31. The molecule has 0 amide bonds. The minimum atomic E-state index is -5.23. The van der Waals surface area contributed by atoms with Gasteiger partial charge in [0.05, 0.1) is 0 Å². The van der Waals surface area contributed by atoms with Gasteiger partial charge in [0.2, 0.25) is 0 Å². The molecule has 1 unspecified atom stereocenters. The molecule has 1 aliphatic heterocycles. The summed E-state index contributed by atoms with van der Waals surface area (Å²) < 4.78 is 38.0. The molecule has 1 aromatic heterocycles. The molecular formula is C9H4F3N4O2-. The van der Waals surface area contributed by atoms with E-state index in [1.54, 1.807) is 0 Å². The summed E-state index contributed by atoms with van der Waals surface area (Å²) in [5.74, 6) is -2.98. The van der Waals surface area contributed by atoms with E-state index in [-0.39, 0.29) is 5.69 Å². The number of carboxylic acids is 1. The summed E-state index contributed by atoms with van der Waals surface area (Å²) >= 11 is 0. The van der Waals surface area contributed by atoms with Gasteiger partial charge in [-0.25, -0.2) is 4.99 Å². The Labute approximate surface area is 97.9 Å². The van der Waals surface area contributed by atoms with Crippen LogP contribution in [0.15, 0.2) is 39.6 Å². The lowest BCUT2D eigenvalue weighted by Gasteiger charge is -2.24. The molecule has 1 aromatic rings. The lowest BCUT2D eigenvalue weighted by Crippen LogP contribution is -2.54. The Morgan fingerprint density at radius 1 is 1.33 bits per heavy atom. The summed E-state index contributed by atoms with van der Waals surface area (Å²) in [5.41, 5.74) is -3.69. The molecule has 94 valence electrons. The van der Waals surface area contributed by atoms with Gasteiger partial charge in [0.15, 0.2) is 5.84 Å². The Hall–Kier alpha value is -2.32. The normalized spacial score (nSPS) is 22.9. The quantitative estimate of drug-likeness (QED) is 0.763. The number of alkyl halides is 3. The number of rotatable bonds is 2. The number of carboxylic acid groups (broad SMARTS) is 1. The zero-order valence-electron chi connectivity index (χ0n) is 8.55. The number of azo groups is 1. The van der Waals surface area contributed by atoms with Crippen molar-refractivity contribution in [1.82, 2.24) is 4.98 Å². The first kappa shape index (κ1) is 12.1. The molecule has 0 spiro atoms. The van der Waals surface area contributed by atoms with Crippen LogP contribution in [0.25, 0.3) is 0 Å². The number of nitrogens with zero attached hydrogens (tertiary/aromatic N) is 4. The molecule has 0 radical (unpaired) electrons. The van der Waals surface area contributed by atoms with Crippen molar-refractivity contribution >= 4 is 11.8 Å². The molecule has 0 aromatic carbocycles. The summed E-state index contributed by atoms with van der Waals surface area (Å²) in [5, 5.41) is 16.4. The molecule has 0 saturated heterocycles. The number of aliphatic carboxylic acids is 1. The van der Waals surface area contributed by atoms with Crippen molar-refractivity contribution < 1.29 is 23.1 Å². The van der Waals surface area contributed by atoms with Crippen LogP contribution in [-0.2, 0) is 4.79 Å². The SMILES string of the molecule is O=C([O-])C1(C(F)(F)F)N=NC(c2ccccn2)=N1. The van der Waals surface area contributed by atoms with Crippen molar-refractivity contribution in [3.63, 3.8) is 0 Å². The van der Waals surface area contributed by atoms with Gasteiger partial charge in [0.25, 0.3) is 0 Å². The van der Waals surface area contributed by atoms with E-state index >= 15 is 0 Å². The van der Waals surface area contributed by atoms with E-state index in [0.717, 1.165) is 0 Å². The van der Waals surface area contributed by atoms with E-state index in [0.29, 0.717) is 0 Å². The Bertz CT molecular complexity index is 540. The number of carbonyl (C=O) groups excluding carboxylic acids is 1. The van der Waals surface area contributed by atoms with E-state index in [2.05, 4.69) is 20.2 Å². The van der Waals surface area contributed by atoms with Crippen molar-refractivity contribution in [3.8, 4) is 0 Å². The zero-order valence-corrected chi connectivity index (χ0v) is 8.55. The number of aliphatic imine (C=N–C) groups is 1. The van der Waals surface area contributed by atoms with Crippen molar-refractivity contribution in [2.24, 2.45) is 15.2 Å². The first-order valence-electron chi connectivity index (χ1n) is 4.59. The molecule has 9 heteroatoms. The van der Waals surface area contributed by atoms with Gasteiger partial charge in [-0.15, -0.1) is 10.2 Å². The average molecular weight is 257 g/mol. The molecule has 0 saturated carbocycles. The lowest BCUT2D eigenvalue weighted by atomic mass is 10.2. The molecule has 2 heterocycles. The number of pyridine rings is 1. The average Bonchev–Trinajstić information content (AvgIpc) is 2.75. The molecular weight excluding hydrogens is 253 g/mol. The van der Waals surface area contributed by atoms with Crippen LogP contribution in [0.1, 0.15) is 5.69 Å². The molecule has 2 rings (SSSR count). The molecule has 0 fully saturated rings. The highest BCUT2D eigenvalue weighted by Gasteiger charge is 2.60. The highest BCUT2D eigenvalue weighted by Crippen LogP contribution is 2.38. The maximum atomic E-state index is 12.7. The summed E-state index contributed by atoms with van der Waals surface area (Å²) in [6.45, 7) is 0. The third kappa shape index (κ3) is 1.73. The Morgan fingerprint density at radius 2 is 2.06 bits per heavy atom. The second-order valence-corrected chi connectivity index (χ2v) is 3.31. The summed E-state index contributed by atoms with van der Waals surface area (Å²) in [7, 11) is 0. The number of hydrogen-bond donors (Lipinski definition) is 0. The fourth-order valence-corrected chi connectivity index (χ4v) is 1.24. The van der Waals surface area contributed by atoms with Gasteiger partial charge in [-0.1, -0.05) is 6.07 Å². The first-order chi connectivity index (χ1) is 8.37. The molecule has 18 heavy (non-hydrogen) atoms. The maximum absolute atomic E-state index is 12.7. The topological polar surface area (TPSA) is 90.1 Å². The monoisotopic (exact) mass is 257 g/mol. The van der Waals surface area contributed by atoms with E-state index in [4.69, 9.17) is 0 Å². The molecule has 1 atom stereocenters. The fraction of sp³-hybridized carbons (Fsp3) is 0.222. The largest absolute Gasteiger partial charge is 0.545 e. The van der Waals surface area contributed by atoms with Crippen LogP contribution in [0.5, 0.6) is 0 Å². The van der Waals surface area contributed by atoms with Crippen LogP contribution in [-0.4, -0.2) is 28.6 Å². The highest BCUT2D eigenvalue weighted by atomic mass is 19.4. The standard InChI is InChI=1S/C9H5F3N4O2/c10-9(11,12)8(7(17)18)14-6(15-16-8)5-3-1-2-4-13-5/h1-4H,(H,17,18)/p-1. The number of aromatic nitrogens is 1. The Kier molecular flexibility index (Phi) is 2.60. The van der Waals surface area contributed by atoms with Crippen LogP contribution in [0.4, 0.5) is 13.2 Å². The van der Waals surface area contributed by atoms with Crippen LogP contribution < -0.4 is 5.11 Å². The summed E-state index contributed by atoms with van der Waals surface area (Å²) in [6.07, 6.45) is -3.92. The van der Waals surface area contributed by atoms with Crippen LogP contribution in [0.2, 0.25) is 0 Å². The number of carbonyl (C=O) groups is 1. The molecule has 0 bridgehead atoms. The van der Waals surface area contributed by atoms with Gasteiger partial charge in [-0.3, -0.25) is 4.98 Å². The minimum Gasteiger partial charge on any atom is -0.545 e.